The number of methoxy groups -OCH3 is 1. The van der Waals surface area contributed by atoms with Gasteiger partial charge in [0.1, 0.15) is 11.9 Å². The number of ether oxygens (including phenoxy) is 1. The summed E-state index contributed by atoms with van der Waals surface area (Å²) in [6.07, 6.45) is 2.83. The minimum atomic E-state index is -0.845. The topological polar surface area (TPSA) is 65.2 Å². The fourth-order valence-corrected chi connectivity index (χ4v) is 1.93. The van der Waals surface area contributed by atoms with E-state index in [-0.39, 0.29) is 5.69 Å². The summed E-state index contributed by atoms with van der Waals surface area (Å²) < 4.78 is 18.2. The van der Waals surface area contributed by atoms with Crippen LogP contribution in [0.15, 0.2) is 18.3 Å². The molecule has 2 rings (SSSR count). The van der Waals surface area contributed by atoms with Crippen LogP contribution in [0.1, 0.15) is 18.5 Å². The molecule has 1 saturated carbocycles. The van der Waals surface area contributed by atoms with Gasteiger partial charge in [0.05, 0.1) is 12.8 Å². The van der Waals surface area contributed by atoms with Crippen LogP contribution in [0.5, 0.6) is 0 Å². The van der Waals surface area contributed by atoms with Crippen molar-refractivity contribution in [3.63, 3.8) is 0 Å². The van der Waals surface area contributed by atoms with Crippen molar-refractivity contribution in [2.24, 2.45) is 5.73 Å². The summed E-state index contributed by atoms with van der Waals surface area (Å²) in [5.74, 6) is -0.943. The number of nitrogens with two attached hydrogens (primary N) is 1. The third-order valence-corrected chi connectivity index (χ3v) is 3.07. The van der Waals surface area contributed by atoms with Gasteiger partial charge in [-0.3, -0.25) is 9.78 Å². The first-order chi connectivity index (χ1) is 7.62. The smallest absolute Gasteiger partial charge is 0.323 e. The Morgan fingerprint density at radius 3 is 2.88 bits per heavy atom. The van der Waals surface area contributed by atoms with Gasteiger partial charge >= 0.3 is 5.97 Å². The molecule has 1 heterocycles. The molecule has 0 saturated heterocycles. The fraction of sp³-hybridized carbons (Fsp3) is 0.455. The third kappa shape index (κ3) is 1.57. The molecule has 16 heavy (non-hydrogen) atoms. The lowest BCUT2D eigenvalue weighted by molar-refractivity contribution is -0.143. The second-order valence-electron chi connectivity index (χ2n) is 3.99. The number of carbonyl (C=O) groups is 1. The van der Waals surface area contributed by atoms with Crippen LogP contribution < -0.4 is 5.73 Å². The van der Waals surface area contributed by atoms with Gasteiger partial charge in [-0.2, -0.15) is 0 Å². The van der Waals surface area contributed by atoms with Gasteiger partial charge < -0.3 is 10.5 Å². The van der Waals surface area contributed by atoms with Crippen LogP contribution >= 0.6 is 0 Å². The Labute approximate surface area is 92.6 Å². The lowest BCUT2D eigenvalue weighted by atomic mass is 9.92. The van der Waals surface area contributed by atoms with Crippen molar-refractivity contribution in [3.8, 4) is 0 Å². The molecule has 0 amide bonds. The summed E-state index contributed by atoms with van der Waals surface area (Å²) in [7, 11) is 1.27. The molecule has 1 atom stereocenters. The predicted octanol–water partition coefficient (Wildman–Crippen LogP) is 0.753. The first-order valence-electron chi connectivity index (χ1n) is 5.06. The molecular weight excluding hydrogens is 211 g/mol. The number of halogens is 1. The molecule has 0 radical (unpaired) electrons. The SMILES string of the molecule is COC(=O)C(N)C1(c2ncccc2F)CC1. The number of carbonyl (C=O) groups excluding carboxylic acids is 1. The minimum Gasteiger partial charge on any atom is -0.468 e. The highest BCUT2D eigenvalue weighted by Gasteiger charge is 2.55. The second-order valence-corrected chi connectivity index (χ2v) is 3.99. The van der Waals surface area contributed by atoms with Crippen LogP contribution in [-0.4, -0.2) is 24.1 Å². The van der Waals surface area contributed by atoms with Crippen LogP contribution in [0.3, 0.4) is 0 Å². The molecule has 1 unspecified atom stereocenters. The van der Waals surface area contributed by atoms with E-state index in [2.05, 4.69) is 9.72 Å². The van der Waals surface area contributed by atoms with Crippen molar-refractivity contribution in [1.82, 2.24) is 4.98 Å². The number of hydrogen-bond acceptors (Lipinski definition) is 4. The van der Waals surface area contributed by atoms with Crippen LogP contribution in [0.4, 0.5) is 4.39 Å². The summed E-state index contributed by atoms with van der Waals surface area (Å²) in [5.41, 5.74) is 5.39. The quantitative estimate of drug-likeness (QED) is 0.769. The summed E-state index contributed by atoms with van der Waals surface area (Å²) in [5, 5.41) is 0. The molecule has 0 aliphatic heterocycles. The Balaban J connectivity index is 2.33. The number of rotatable bonds is 3. The Hall–Kier alpha value is -1.49. The van der Waals surface area contributed by atoms with E-state index in [9.17, 15) is 9.18 Å². The van der Waals surface area contributed by atoms with Crippen molar-refractivity contribution in [2.75, 3.05) is 7.11 Å². The molecule has 86 valence electrons. The molecule has 0 bridgehead atoms. The number of aromatic nitrogens is 1. The minimum absolute atomic E-state index is 0.271. The van der Waals surface area contributed by atoms with Gasteiger partial charge in [-0.05, 0) is 25.0 Å². The van der Waals surface area contributed by atoms with Gasteiger partial charge in [0, 0.05) is 11.6 Å². The van der Waals surface area contributed by atoms with E-state index in [4.69, 9.17) is 5.73 Å². The van der Waals surface area contributed by atoms with Gasteiger partial charge in [-0.1, -0.05) is 0 Å². The van der Waals surface area contributed by atoms with Gasteiger partial charge in [0.2, 0.25) is 0 Å². The van der Waals surface area contributed by atoms with E-state index < -0.39 is 23.2 Å². The maximum atomic E-state index is 13.6. The molecular formula is C11H13FN2O2. The average molecular weight is 224 g/mol. The Morgan fingerprint density at radius 1 is 1.69 bits per heavy atom. The van der Waals surface area contributed by atoms with E-state index >= 15 is 0 Å². The number of esters is 1. The molecule has 1 fully saturated rings. The Morgan fingerprint density at radius 2 is 2.38 bits per heavy atom. The first-order valence-corrected chi connectivity index (χ1v) is 5.06. The summed E-state index contributed by atoms with van der Waals surface area (Å²) in [6, 6.07) is 1.99. The first kappa shape index (κ1) is 11.0. The van der Waals surface area contributed by atoms with Gasteiger partial charge in [-0.25, -0.2) is 4.39 Å². The summed E-state index contributed by atoms with van der Waals surface area (Å²) >= 11 is 0. The zero-order valence-corrected chi connectivity index (χ0v) is 8.94. The molecule has 1 aromatic heterocycles. The normalized spacial score (nSPS) is 18.9. The number of hydrogen-bond donors (Lipinski definition) is 1. The lowest BCUT2D eigenvalue weighted by Crippen LogP contribution is -2.43. The summed E-state index contributed by atoms with van der Waals surface area (Å²) in [4.78, 5) is 15.4. The van der Waals surface area contributed by atoms with E-state index in [1.165, 1.54) is 25.4 Å². The van der Waals surface area contributed by atoms with Gasteiger partial charge in [-0.15, -0.1) is 0 Å². The van der Waals surface area contributed by atoms with Crippen molar-refractivity contribution in [2.45, 2.75) is 24.3 Å². The van der Waals surface area contributed by atoms with E-state index in [0.717, 1.165) is 0 Å². The maximum Gasteiger partial charge on any atom is 0.323 e. The molecule has 0 spiro atoms. The van der Waals surface area contributed by atoms with E-state index in [1.54, 1.807) is 0 Å². The van der Waals surface area contributed by atoms with Crippen molar-refractivity contribution >= 4 is 5.97 Å². The van der Waals surface area contributed by atoms with E-state index in [1.807, 2.05) is 0 Å². The monoisotopic (exact) mass is 224 g/mol. The Kier molecular flexibility index (Phi) is 2.63. The molecule has 1 aliphatic rings. The second kappa shape index (κ2) is 3.83. The standard InChI is InChI=1S/C11H13FN2O2/c1-16-10(15)8(13)11(4-5-11)9-7(12)3-2-6-14-9/h2-3,6,8H,4-5,13H2,1H3. The third-order valence-electron chi connectivity index (χ3n) is 3.07. The highest BCUT2D eigenvalue weighted by Crippen LogP contribution is 2.50. The molecule has 0 aromatic carbocycles. The largest absolute Gasteiger partial charge is 0.468 e. The molecule has 1 aromatic rings. The van der Waals surface area contributed by atoms with Crippen LogP contribution in [0.25, 0.3) is 0 Å². The lowest BCUT2D eigenvalue weighted by Gasteiger charge is -2.20. The maximum absolute atomic E-state index is 13.6. The molecule has 2 N–H and O–H groups in total. The van der Waals surface area contributed by atoms with Crippen LogP contribution in [0, 0.1) is 5.82 Å². The van der Waals surface area contributed by atoms with E-state index in [0.29, 0.717) is 12.8 Å². The zero-order chi connectivity index (χ0) is 11.8. The van der Waals surface area contributed by atoms with Crippen molar-refractivity contribution in [3.05, 3.63) is 29.8 Å². The van der Waals surface area contributed by atoms with Gasteiger partial charge in [0.25, 0.3) is 0 Å². The van der Waals surface area contributed by atoms with Gasteiger partial charge in [0.15, 0.2) is 0 Å². The summed E-state index contributed by atoms with van der Waals surface area (Å²) in [6.45, 7) is 0. The van der Waals surface area contributed by atoms with Crippen LogP contribution in [-0.2, 0) is 14.9 Å². The number of pyridine rings is 1. The van der Waals surface area contributed by atoms with Crippen molar-refractivity contribution in [1.29, 1.82) is 0 Å². The average Bonchev–Trinajstić information content (AvgIpc) is 3.09. The molecule has 4 nitrogen and oxygen atoms in total. The highest BCUT2D eigenvalue weighted by atomic mass is 19.1. The Bertz CT molecular complexity index is 418. The zero-order valence-electron chi connectivity index (χ0n) is 8.94. The highest BCUT2D eigenvalue weighted by molar-refractivity contribution is 5.78. The number of nitrogens with zero attached hydrogens (tertiary/aromatic N) is 1. The molecule has 1 aliphatic carbocycles. The molecule has 5 heteroatoms. The predicted molar refractivity (Wildman–Crippen MR) is 55.1 cm³/mol. The van der Waals surface area contributed by atoms with Crippen molar-refractivity contribution < 1.29 is 13.9 Å². The fourth-order valence-electron chi connectivity index (χ4n) is 1.93. The van der Waals surface area contributed by atoms with Crippen LogP contribution in [0.2, 0.25) is 0 Å².